The van der Waals surface area contributed by atoms with Crippen molar-refractivity contribution in [1.82, 2.24) is 20.4 Å². The molecule has 9 heavy (non-hydrogen) atoms. The maximum Gasteiger partial charge on any atom is 0.177 e. The Morgan fingerprint density at radius 1 is 1.67 bits per heavy atom. The standard InChI is InChI=1S/C4H7FN4/c1-2-3-4-6-8-9(5)7-4/h2-3H2,1H3. The van der Waals surface area contributed by atoms with Gasteiger partial charge in [0.1, 0.15) is 0 Å². The first kappa shape index (κ1) is 6.12. The topological polar surface area (TPSA) is 43.6 Å². The van der Waals surface area contributed by atoms with Crippen LogP contribution in [0.3, 0.4) is 0 Å². The van der Waals surface area contributed by atoms with Crippen LogP contribution in [0.25, 0.3) is 0 Å². The lowest BCUT2D eigenvalue weighted by molar-refractivity contribution is 0.257. The SMILES string of the molecule is CCCc1nnn(F)n1. The molecular formula is C4H7FN4. The molecule has 1 aromatic rings. The first-order valence-corrected chi connectivity index (χ1v) is 2.78. The van der Waals surface area contributed by atoms with Gasteiger partial charge >= 0.3 is 0 Å². The van der Waals surface area contributed by atoms with Crippen LogP contribution in [0.15, 0.2) is 0 Å². The predicted molar refractivity (Wildman–Crippen MR) is 28.3 cm³/mol. The number of halogens is 1. The van der Waals surface area contributed by atoms with Crippen LogP contribution in [-0.4, -0.2) is 20.4 Å². The number of aromatic nitrogens is 4. The normalized spacial score (nSPS) is 10.0. The second-order valence-electron chi connectivity index (χ2n) is 1.70. The fraction of sp³-hybridized carbons (Fsp3) is 0.750. The second-order valence-corrected chi connectivity index (χ2v) is 1.70. The van der Waals surface area contributed by atoms with Crippen molar-refractivity contribution in [2.24, 2.45) is 0 Å². The fourth-order valence-electron chi connectivity index (χ4n) is 0.547. The summed E-state index contributed by atoms with van der Waals surface area (Å²) in [5.41, 5.74) is 0. The molecule has 0 aliphatic heterocycles. The second kappa shape index (κ2) is 2.52. The van der Waals surface area contributed by atoms with Crippen molar-refractivity contribution in [3.05, 3.63) is 5.82 Å². The van der Waals surface area contributed by atoms with E-state index in [1.165, 1.54) is 0 Å². The molecule has 0 saturated carbocycles. The number of tetrazole rings is 1. The van der Waals surface area contributed by atoms with Crippen molar-refractivity contribution in [3.8, 4) is 0 Å². The van der Waals surface area contributed by atoms with Crippen LogP contribution in [0.5, 0.6) is 0 Å². The maximum absolute atomic E-state index is 11.9. The molecule has 0 bridgehead atoms. The van der Waals surface area contributed by atoms with Gasteiger partial charge < -0.3 is 0 Å². The lowest BCUT2D eigenvalue weighted by Gasteiger charge is -1.81. The summed E-state index contributed by atoms with van der Waals surface area (Å²) in [7, 11) is 0. The summed E-state index contributed by atoms with van der Waals surface area (Å²) in [4.78, 5) is 0. The average molecular weight is 130 g/mol. The molecule has 4 nitrogen and oxygen atoms in total. The molecule has 0 N–H and O–H groups in total. The molecule has 0 fully saturated rings. The van der Waals surface area contributed by atoms with Crippen molar-refractivity contribution in [3.63, 3.8) is 0 Å². The predicted octanol–water partition coefficient (Wildman–Crippen LogP) is 0.358. The van der Waals surface area contributed by atoms with Crippen LogP contribution >= 0.6 is 0 Å². The van der Waals surface area contributed by atoms with Crippen molar-refractivity contribution in [2.45, 2.75) is 19.8 Å². The van der Waals surface area contributed by atoms with Gasteiger partial charge in [-0.15, -0.1) is 10.2 Å². The van der Waals surface area contributed by atoms with Crippen molar-refractivity contribution in [2.75, 3.05) is 0 Å². The van der Waals surface area contributed by atoms with Crippen LogP contribution in [0.4, 0.5) is 4.48 Å². The lowest BCUT2D eigenvalue weighted by atomic mass is 10.3. The summed E-state index contributed by atoms with van der Waals surface area (Å²) in [6.07, 6.45) is 1.59. The number of hydrogen-bond acceptors (Lipinski definition) is 3. The van der Waals surface area contributed by atoms with Gasteiger partial charge in [0.15, 0.2) is 5.82 Å². The Morgan fingerprint density at radius 3 is 2.89 bits per heavy atom. The van der Waals surface area contributed by atoms with E-state index in [2.05, 4.69) is 15.4 Å². The molecule has 0 aliphatic rings. The highest BCUT2D eigenvalue weighted by Gasteiger charge is 1.97. The molecule has 0 spiro atoms. The quantitative estimate of drug-likeness (QED) is 0.580. The van der Waals surface area contributed by atoms with Gasteiger partial charge in [-0.3, -0.25) is 0 Å². The summed E-state index contributed by atoms with van der Waals surface area (Å²) < 4.78 is 11.9. The molecule has 1 aromatic heterocycles. The van der Waals surface area contributed by atoms with E-state index in [1.807, 2.05) is 6.92 Å². The number of aryl methyl sites for hydroxylation is 1. The van der Waals surface area contributed by atoms with Crippen LogP contribution < -0.4 is 0 Å². The van der Waals surface area contributed by atoms with Crippen molar-refractivity contribution < 1.29 is 4.48 Å². The minimum atomic E-state index is -0.0228. The van der Waals surface area contributed by atoms with E-state index in [9.17, 15) is 4.48 Å². The number of nitrogens with zero attached hydrogens (tertiary/aromatic N) is 4. The molecule has 0 aromatic carbocycles. The van der Waals surface area contributed by atoms with E-state index in [0.29, 0.717) is 12.2 Å². The molecule has 0 atom stereocenters. The Labute approximate surface area is 51.6 Å². The van der Waals surface area contributed by atoms with Crippen LogP contribution in [0, 0.1) is 0 Å². The summed E-state index contributed by atoms with van der Waals surface area (Å²) in [5, 5.41) is 9.76. The molecule has 1 rings (SSSR count). The van der Waals surface area contributed by atoms with Gasteiger partial charge in [0.2, 0.25) is 0 Å². The molecule has 0 amide bonds. The number of hydrogen-bond donors (Lipinski definition) is 0. The first-order valence-electron chi connectivity index (χ1n) is 2.78. The summed E-state index contributed by atoms with van der Waals surface area (Å²) in [5.74, 6) is 0.458. The van der Waals surface area contributed by atoms with Gasteiger partial charge in [-0.05, 0) is 11.6 Å². The maximum atomic E-state index is 11.9. The van der Waals surface area contributed by atoms with E-state index in [1.54, 1.807) is 0 Å². The summed E-state index contributed by atoms with van der Waals surface area (Å²) in [6.45, 7) is 1.97. The van der Waals surface area contributed by atoms with E-state index in [0.717, 1.165) is 6.42 Å². The van der Waals surface area contributed by atoms with Gasteiger partial charge in [0, 0.05) is 11.4 Å². The monoisotopic (exact) mass is 130 g/mol. The first-order chi connectivity index (χ1) is 4.33. The molecular weight excluding hydrogens is 123 g/mol. The highest BCUT2D eigenvalue weighted by atomic mass is 19.2. The Hall–Kier alpha value is -1.00. The van der Waals surface area contributed by atoms with E-state index in [-0.39, 0.29) is 5.02 Å². The third kappa shape index (κ3) is 1.45. The zero-order valence-corrected chi connectivity index (χ0v) is 5.08. The third-order valence-corrected chi connectivity index (χ3v) is 0.906. The summed E-state index contributed by atoms with van der Waals surface area (Å²) in [6, 6.07) is 0. The molecule has 5 heteroatoms. The van der Waals surface area contributed by atoms with Gasteiger partial charge in [0.25, 0.3) is 0 Å². The Kier molecular flexibility index (Phi) is 1.72. The van der Waals surface area contributed by atoms with Crippen molar-refractivity contribution >= 4 is 0 Å². The zero-order chi connectivity index (χ0) is 6.69. The fourth-order valence-corrected chi connectivity index (χ4v) is 0.547. The smallest absolute Gasteiger partial charge is 0.111 e. The number of rotatable bonds is 2. The average Bonchev–Trinajstić information content (AvgIpc) is 2.17. The van der Waals surface area contributed by atoms with Gasteiger partial charge in [-0.25, -0.2) is 0 Å². The lowest BCUT2D eigenvalue weighted by Crippen LogP contribution is -1.88. The molecule has 50 valence electrons. The zero-order valence-electron chi connectivity index (χ0n) is 5.08. The highest BCUT2D eigenvalue weighted by Crippen LogP contribution is 1.90. The largest absolute Gasteiger partial charge is 0.177 e. The van der Waals surface area contributed by atoms with Gasteiger partial charge in [-0.2, -0.15) is 0 Å². The molecule has 0 radical (unpaired) electrons. The van der Waals surface area contributed by atoms with E-state index in [4.69, 9.17) is 0 Å². The van der Waals surface area contributed by atoms with Crippen LogP contribution in [0.1, 0.15) is 19.2 Å². The molecule has 0 unspecified atom stereocenters. The van der Waals surface area contributed by atoms with Crippen molar-refractivity contribution in [1.29, 1.82) is 0 Å². The van der Waals surface area contributed by atoms with Crippen LogP contribution in [-0.2, 0) is 6.42 Å². The van der Waals surface area contributed by atoms with E-state index < -0.39 is 0 Å². The minimum Gasteiger partial charge on any atom is -0.111 e. The third-order valence-electron chi connectivity index (χ3n) is 0.906. The molecule has 0 aliphatic carbocycles. The minimum absolute atomic E-state index is 0.0228. The van der Waals surface area contributed by atoms with E-state index >= 15 is 0 Å². The van der Waals surface area contributed by atoms with Gasteiger partial charge in [-0.1, -0.05) is 11.4 Å². The Bertz CT molecular complexity index is 184. The molecule has 0 saturated heterocycles. The highest BCUT2D eigenvalue weighted by molar-refractivity contribution is 4.74. The van der Waals surface area contributed by atoms with Gasteiger partial charge in [0.05, 0.1) is 0 Å². The summed E-state index contributed by atoms with van der Waals surface area (Å²) >= 11 is 0. The van der Waals surface area contributed by atoms with Crippen LogP contribution in [0.2, 0.25) is 0 Å². The Balaban J connectivity index is 2.61. The Morgan fingerprint density at radius 2 is 2.44 bits per heavy atom. The molecule has 1 heterocycles.